The van der Waals surface area contributed by atoms with Gasteiger partial charge in [0.15, 0.2) is 11.5 Å². The largest absolute Gasteiger partial charge is 0.490 e. The highest BCUT2D eigenvalue weighted by atomic mass is 79.9. The highest BCUT2D eigenvalue weighted by molar-refractivity contribution is 9.10. The molecule has 0 aromatic heterocycles. The standard InChI is InChI=1S/C27H22BrClN2O3/c1-2-33-25-15-19(16-30-31-27(32)21-9-11-23(29)12-10-21)14-24(28)26(25)34-17-18-7-8-20-5-3-4-6-22(20)13-18/h3-16H,2,17H2,1H3,(H,31,32)/b30-16-. The van der Waals surface area contributed by atoms with Crippen molar-refractivity contribution in [3.63, 3.8) is 0 Å². The van der Waals surface area contributed by atoms with Gasteiger partial charge in [0, 0.05) is 10.6 Å². The molecule has 0 bridgehead atoms. The van der Waals surface area contributed by atoms with Gasteiger partial charge in [-0.2, -0.15) is 5.10 Å². The summed E-state index contributed by atoms with van der Waals surface area (Å²) in [6.45, 7) is 2.79. The van der Waals surface area contributed by atoms with E-state index in [9.17, 15) is 4.79 Å². The van der Waals surface area contributed by atoms with Crippen molar-refractivity contribution in [3.8, 4) is 11.5 Å². The van der Waals surface area contributed by atoms with Crippen molar-refractivity contribution < 1.29 is 14.3 Å². The predicted octanol–water partition coefficient (Wildman–Crippen LogP) is 7.00. The summed E-state index contributed by atoms with van der Waals surface area (Å²) in [5.74, 6) is 0.868. The number of fused-ring (bicyclic) bond motifs is 1. The van der Waals surface area contributed by atoms with Crippen LogP contribution >= 0.6 is 27.5 Å². The van der Waals surface area contributed by atoms with E-state index >= 15 is 0 Å². The third-order valence-electron chi connectivity index (χ3n) is 5.01. The number of benzene rings is 4. The van der Waals surface area contributed by atoms with Gasteiger partial charge in [0.25, 0.3) is 5.91 Å². The van der Waals surface area contributed by atoms with Crippen molar-refractivity contribution in [2.24, 2.45) is 5.10 Å². The van der Waals surface area contributed by atoms with Crippen molar-refractivity contribution >= 4 is 50.4 Å². The van der Waals surface area contributed by atoms with E-state index in [2.05, 4.69) is 56.8 Å². The zero-order valence-corrected chi connectivity index (χ0v) is 20.8. The first-order chi connectivity index (χ1) is 16.5. The lowest BCUT2D eigenvalue weighted by molar-refractivity contribution is 0.0955. The molecule has 4 aromatic rings. The molecule has 1 N–H and O–H groups in total. The second-order valence-corrected chi connectivity index (χ2v) is 8.73. The van der Waals surface area contributed by atoms with Gasteiger partial charge in [0.1, 0.15) is 6.61 Å². The maximum absolute atomic E-state index is 12.2. The van der Waals surface area contributed by atoms with Gasteiger partial charge < -0.3 is 9.47 Å². The Bertz CT molecular complexity index is 1340. The third kappa shape index (κ3) is 5.95. The van der Waals surface area contributed by atoms with Gasteiger partial charge in [-0.1, -0.05) is 48.0 Å². The molecule has 172 valence electrons. The molecule has 0 radical (unpaired) electrons. The number of carbonyl (C=O) groups excluding carboxylic acids is 1. The molecular weight excluding hydrogens is 516 g/mol. The van der Waals surface area contributed by atoms with Crippen LogP contribution in [0.1, 0.15) is 28.4 Å². The van der Waals surface area contributed by atoms with Crippen LogP contribution in [-0.4, -0.2) is 18.7 Å². The lowest BCUT2D eigenvalue weighted by atomic mass is 10.1. The molecule has 7 heteroatoms. The summed E-state index contributed by atoms with van der Waals surface area (Å²) in [6, 6.07) is 24.7. The van der Waals surface area contributed by atoms with Crippen LogP contribution in [0.5, 0.6) is 11.5 Å². The Hall–Kier alpha value is -3.35. The molecule has 0 saturated carbocycles. The normalized spacial score (nSPS) is 11.0. The maximum Gasteiger partial charge on any atom is 0.271 e. The molecule has 0 aliphatic carbocycles. The fourth-order valence-electron chi connectivity index (χ4n) is 3.38. The van der Waals surface area contributed by atoms with Gasteiger partial charge in [-0.25, -0.2) is 5.43 Å². The van der Waals surface area contributed by atoms with E-state index in [0.717, 1.165) is 15.6 Å². The SMILES string of the molecule is CCOc1cc(/C=N\NC(=O)c2ccc(Cl)cc2)cc(Br)c1OCc1ccc2ccccc2c1. The van der Waals surface area contributed by atoms with Crippen LogP contribution < -0.4 is 14.9 Å². The summed E-state index contributed by atoms with van der Waals surface area (Å²) in [4.78, 5) is 12.2. The van der Waals surface area contributed by atoms with Crippen molar-refractivity contribution in [3.05, 3.63) is 105 Å². The number of carbonyl (C=O) groups is 1. The number of hydrazone groups is 1. The van der Waals surface area contributed by atoms with E-state index in [1.807, 2.05) is 31.2 Å². The maximum atomic E-state index is 12.2. The second-order valence-electron chi connectivity index (χ2n) is 7.44. The summed E-state index contributed by atoms with van der Waals surface area (Å²) >= 11 is 9.44. The summed E-state index contributed by atoms with van der Waals surface area (Å²) in [5, 5.41) is 6.98. The van der Waals surface area contributed by atoms with Crippen LogP contribution in [0.25, 0.3) is 10.8 Å². The molecule has 0 saturated heterocycles. The fourth-order valence-corrected chi connectivity index (χ4v) is 4.08. The van der Waals surface area contributed by atoms with Crippen molar-refractivity contribution in [1.29, 1.82) is 0 Å². The monoisotopic (exact) mass is 536 g/mol. The van der Waals surface area contributed by atoms with Crippen LogP contribution in [-0.2, 0) is 6.61 Å². The molecular formula is C27H22BrClN2O3. The first-order valence-corrected chi connectivity index (χ1v) is 11.9. The summed E-state index contributed by atoms with van der Waals surface area (Å²) < 4.78 is 12.7. The van der Waals surface area contributed by atoms with Gasteiger partial charge in [-0.05, 0) is 87.2 Å². The Morgan fingerprint density at radius 3 is 2.53 bits per heavy atom. The molecule has 0 unspecified atom stereocenters. The molecule has 0 atom stereocenters. The quantitative estimate of drug-likeness (QED) is 0.194. The molecule has 0 spiro atoms. The Morgan fingerprint density at radius 2 is 1.76 bits per heavy atom. The van der Waals surface area contributed by atoms with E-state index < -0.39 is 0 Å². The number of nitrogens with zero attached hydrogens (tertiary/aromatic N) is 1. The van der Waals surface area contributed by atoms with E-state index in [1.165, 1.54) is 10.8 Å². The van der Waals surface area contributed by atoms with Crippen molar-refractivity contribution in [2.45, 2.75) is 13.5 Å². The van der Waals surface area contributed by atoms with Crippen LogP contribution in [0, 0.1) is 0 Å². The molecule has 5 nitrogen and oxygen atoms in total. The summed E-state index contributed by atoms with van der Waals surface area (Å²) in [6.07, 6.45) is 1.55. The highest BCUT2D eigenvalue weighted by Crippen LogP contribution is 2.37. The molecule has 0 fully saturated rings. The first kappa shape index (κ1) is 23.8. The molecule has 34 heavy (non-hydrogen) atoms. The Kier molecular flexibility index (Phi) is 7.83. The van der Waals surface area contributed by atoms with Gasteiger partial charge in [0.05, 0.1) is 17.3 Å². The molecule has 0 aliphatic rings. The van der Waals surface area contributed by atoms with Crippen LogP contribution in [0.3, 0.4) is 0 Å². The lowest BCUT2D eigenvalue weighted by Gasteiger charge is -2.15. The first-order valence-electron chi connectivity index (χ1n) is 10.7. The molecule has 4 aromatic carbocycles. The smallest absolute Gasteiger partial charge is 0.271 e. The number of halogens is 2. The number of nitrogens with one attached hydrogen (secondary N) is 1. The zero-order chi connectivity index (χ0) is 23.9. The van der Waals surface area contributed by atoms with Gasteiger partial charge in [0.2, 0.25) is 0 Å². The molecule has 1 amide bonds. The number of hydrogen-bond acceptors (Lipinski definition) is 4. The van der Waals surface area contributed by atoms with Crippen LogP contribution in [0.4, 0.5) is 0 Å². The zero-order valence-electron chi connectivity index (χ0n) is 18.4. The second kappa shape index (κ2) is 11.2. The van der Waals surface area contributed by atoms with E-state index in [0.29, 0.717) is 35.3 Å². The van der Waals surface area contributed by atoms with Crippen LogP contribution in [0.2, 0.25) is 5.02 Å². The molecule has 0 heterocycles. The fraction of sp³-hybridized carbons (Fsp3) is 0.111. The number of rotatable bonds is 8. The highest BCUT2D eigenvalue weighted by Gasteiger charge is 2.13. The van der Waals surface area contributed by atoms with Gasteiger partial charge >= 0.3 is 0 Å². The minimum Gasteiger partial charge on any atom is -0.490 e. The van der Waals surface area contributed by atoms with Gasteiger partial charge in [-0.15, -0.1) is 0 Å². The van der Waals surface area contributed by atoms with E-state index in [-0.39, 0.29) is 5.91 Å². The third-order valence-corrected chi connectivity index (χ3v) is 5.86. The summed E-state index contributed by atoms with van der Waals surface area (Å²) in [5.41, 5.74) is 4.78. The Morgan fingerprint density at radius 1 is 1.00 bits per heavy atom. The Labute approximate surface area is 211 Å². The Balaban J connectivity index is 1.47. The van der Waals surface area contributed by atoms with Crippen molar-refractivity contribution in [2.75, 3.05) is 6.61 Å². The lowest BCUT2D eigenvalue weighted by Crippen LogP contribution is -2.17. The van der Waals surface area contributed by atoms with Gasteiger partial charge in [-0.3, -0.25) is 4.79 Å². The average molecular weight is 538 g/mol. The topological polar surface area (TPSA) is 59.9 Å². The molecule has 0 aliphatic heterocycles. The number of ether oxygens (including phenoxy) is 2. The van der Waals surface area contributed by atoms with E-state index in [4.69, 9.17) is 21.1 Å². The number of hydrogen-bond donors (Lipinski definition) is 1. The minimum absolute atomic E-state index is 0.327. The van der Waals surface area contributed by atoms with E-state index in [1.54, 1.807) is 30.5 Å². The average Bonchev–Trinajstić information content (AvgIpc) is 2.84. The molecule has 4 rings (SSSR count). The minimum atomic E-state index is -0.327. The predicted molar refractivity (Wildman–Crippen MR) is 140 cm³/mol. The summed E-state index contributed by atoms with van der Waals surface area (Å²) in [7, 11) is 0. The number of amides is 1. The van der Waals surface area contributed by atoms with Crippen molar-refractivity contribution in [1.82, 2.24) is 5.43 Å². The van der Waals surface area contributed by atoms with Crippen LogP contribution in [0.15, 0.2) is 88.4 Å².